The van der Waals surface area contributed by atoms with E-state index in [0.717, 1.165) is 52.1 Å². The molecule has 0 radical (unpaired) electrons. The lowest BCUT2D eigenvalue weighted by atomic mass is 10.1. The molecule has 0 amide bonds. The van der Waals surface area contributed by atoms with Crippen molar-refractivity contribution in [3.05, 3.63) is 0 Å². The molecule has 6 nitrogen and oxygen atoms in total. The Balaban J connectivity index is 6.79. The predicted molar refractivity (Wildman–Crippen MR) is 234 cm³/mol. The molecule has 0 rings (SSSR count). The molecule has 0 heterocycles. The summed E-state index contributed by atoms with van der Waals surface area (Å²) < 4.78 is 0. The highest BCUT2D eigenvalue weighted by Crippen LogP contribution is 2.42. The van der Waals surface area contributed by atoms with Crippen LogP contribution in [-0.4, -0.2) is 97.3 Å². The van der Waals surface area contributed by atoms with Gasteiger partial charge in [0.2, 0.25) is 0 Å². The molecule has 0 aliphatic heterocycles. The third-order valence-corrected chi connectivity index (χ3v) is 12.8. The fourth-order valence-corrected chi connectivity index (χ4v) is 9.16. The van der Waals surface area contributed by atoms with E-state index in [4.69, 9.17) is 0 Å². The quantitative estimate of drug-likeness (QED) is 0.0478. The monoisotopic (exact) mass is 741 g/mol. The van der Waals surface area contributed by atoms with Gasteiger partial charge in [0.15, 0.2) is 10.2 Å². The van der Waals surface area contributed by atoms with Gasteiger partial charge in [-0.1, -0.05) is 182 Å². The van der Waals surface area contributed by atoms with Crippen LogP contribution in [-0.2, 0) is 0 Å². The Kier molecular flexibility index (Phi) is 34.7. The lowest BCUT2D eigenvalue weighted by Crippen LogP contribution is -2.73. The minimum absolute atomic E-state index is 0.325. The molecular weight excluding hydrogens is 645 g/mol. The van der Waals surface area contributed by atoms with Crippen LogP contribution in [0.4, 0.5) is 0 Å². The van der Waals surface area contributed by atoms with Crippen LogP contribution in [0.5, 0.6) is 0 Å². The van der Waals surface area contributed by atoms with Crippen molar-refractivity contribution in [1.82, 2.24) is 30.2 Å². The summed E-state index contributed by atoms with van der Waals surface area (Å²) >= 11 is 2.17. The zero-order valence-corrected chi connectivity index (χ0v) is 37.6. The maximum absolute atomic E-state index is 4.25. The molecule has 2 N–H and O–H groups in total. The molecule has 308 valence electrons. The Hall–Kier alpha value is 0.110. The van der Waals surface area contributed by atoms with Crippen molar-refractivity contribution < 1.29 is 0 Å². The fraction of sp³-hybridized carbons (Fsp3) is 1.00. The summed E-state index contributed by atoms with van der Waals surface area (Å²) in [4.78, 5) is 10.8. The van der Waals surface area contributed by atoms with Gasteiger partial charge >= 0.3 is 0 Å². The molecular formula is C44H96N6S. The SMILES string of the molecule is CCCCCCCCN(CCCCCCCC)C(NCCC)(SC(NCCC)(N(C)C)N(CCCCCCCC)CCCCCCCC)N(C)C. The van der Waals surface area contributed by atoms with Crippen molar-refractivity contribution in [3.63, 3.8) is 0 Å². The molecule has 0 saturated carbocycles. The molecule has 2 unspecified atom stereocenters. The van der Waals surface area contributed by atoms with Crippen molar-refractivity contribution in [1.29, 1.82) is 0 Å². The van der Waals surface area contributed by atoms with Gasteiger partial charge in [-0.25, -0.2) is 0 Å². The summed E-state index contributed by atoms with van der Waals surface area (Å²) in [5.74, 6) is 0. The fourth-order valence-electron chi connectivity index (χ4n) is 7.43. The van der Waals surface area contributed by atoms with Gasteiger partial charge in [-0.15, -0.1) is 0 Å². The molecule has 0 aromatic carbocycles. The number of thioether (sulfide) groups is 1. The van der Waals surface area contributed by atoms with E-state index in [2.05, 4.69) is 112 Å². The molecule has 0 aliphatic carbocycles. The summed E-state index contributed by atoms with van der Waals surface area (Å²) in [6.45, 7) is 20.6. The molecule has 2 atom stereocenters. The van der Waals surface area contributed by atoms with Gasteiger partial charge in [0.1, 0.15) is 0 Å². The summed E-state index contributed by atoms with van der Waals surface area (Å²) in [7, 11) is 9.38. The average Bonchev–Trinajstić information content (AvgIpc) is 3.12. The van der Waals surface area contributed by atoms with Crippen LogP contribution in [0.1, 0.15) is 208 Å². The number of nitrogens with zero attached hydrogens (tertiary/aromatic N) is 4. The summed E-state index contributed by atoms with van der Waals surface area (Å²) in [6.07, 6.45) is 34.5. The molecule has 0 aromatic rings. The second-order valence-electron chi connectivity index (χ2n) is 16.0. The molecule has 0 aromatic heterocycles. The van der Waals surface area contributed by atoms with Crippen molar-refractivity contribution in [2.75, 3.05) is 67.5 Å². The number of hydrogen-bond donors (Lipinski definition) is 2. The van der Waals surface area contributed by atoms with Crippen molar-refractivity contribution >= 4 is 11.8 Å². The van der Waals surface area contributed by atoms with Crippen molar-refractivity contribution in [3.8, 4) is 0 Å². The second-order valence-corrected chi connectivity index (χ2v) is 17.3. The number of rotatable bonds is 40. The summed E-state index contributed by atoms with van der Waals surface area (Å²) in [6, 6.07) is 0. The Morgan fingerprint density at radius 1 is 0.333 bits per heavy atom. The number of hydrogen-bond acceptors (Lipinski definition) is 7. The Morgan fingerprint density at radius 3 is 0.784 bits per heavy atom. The van der Waals surface area contributed by atoms with Crippen LogP contribution in [0.2, 0.25) is 0 Å². The van der Waals surface area contributed by atoms with Gasteiger partial charge < -0.3 is 0 Å². The van der Waals surface area contributed by atoms with Crippen molar-refractivity contribution in [2.45, 2.75) is 219 Å². The highest BCUT2D eigenvalue weighted by Gasteiger charge is 2.51. The smallest absolute Gasteiger partial charge is 0.182 e. The third kappa shape index (κ3) is 22.3. The van der Waals surface area contributed by atoms with E-state index >= 15 is 0 Å². The topological polar surface area (TPSA) is 37.0 Å². The lowest BCUT2D eigenvalue weighted by Gasteiger charge is -2.57. The van der Waals surface area contributed by atoms with E-state index in [-0.39, 0.29) is 10.2 Å². The molecule has 0 saturated heterocycles. The van der Waals surface area contributed by atoms with Crippen LogP contribution < -0.4 is 10.6 Å². The highest BCUT2D eigenvalue weighted by molar-refractivity contribution is 8.01. The molecule has 0 aliphatic rings. The first-order valence-electron chi connectivity index (χ1n) is 22.8. The molecule has 51 heavy (non-hydrogen) atoms. The van der Waals surface area contributed by atoms with E-state index in [1.165, 1.54) is 154 Å². The summed E-state index contributed by atoms with van der Waals surface area (Å²) in [5, 5.41) is 7.85. The predicted octanol–water partition coefficient (Wildman–Crippen LogP) is 12.1. The van der Waals surface area contributed by atoms with Crippen LogP contribution >= 0.6 is 11.8 Å². The lowest BCUT2D eigenvalue weighted by molar-refractivity contribution is -0.0130. The first kappa shape index (κ1) is 51.1. The van der Waals surface area contributed by atoms with Crippen LogP contribution in [0.25, 0.3) is 0 Å². The number of unbranched alkanes of at least 4 members (excludes halogenated alkanes) is 20. The normalized spacial score (nSPS) is 14.7. The zero-order valence-electron chi connectivity index (χ0n) is 36.8. The van der Waals surface area contributed by atoms with Crippen LogP contribution in [0.3, 0.4) is 0 Å². The molecule has 7 heteroatoms. The standard InChI is InChI=1S/C44H96N6S/c1-11-17-21-25-29-33-39-49(40-34-30-26-22-18-12-2)43(47(7)8,45-37-15-5)51-44(48(9)10,46-38-16-6)50(41-35-31-27-23-19-13-3)42-36-32-28-24-20-14-4/h45-46H,11-42H2,1-10H3. The van der Waals surface area contributed by atoms with Gasteiger partial charge in [-0.05, 0) is 79.8 Å². The number of nitrogens with one attached hydrogen (secondary N) is 2. The van der Waals surface area contributed by atoms with Crippen LogP contribution in [0.15, 0.2) is 0 Å². The third-order valence-electron chi connectivity index (χ3n) is 10.7. The first-order chi connectivity index (χ1) is 24.8. The minimum Gasteiger partial charge on any atom is -0.278 e. The average molecular weight is 741 g/mol. The Bertz CT molecular complexity index is 634. The maximum Gasteiger partial charge on any atom is 0.182 e. The van der Waals surface area contributed by atoms with Crippen molar-refractivity contribution in [2.24, 2.45) is 0 Å². The van der Waals surface area contributed by atoms with Gasteiger partial charge in [0.25, 0.3) is 0 Å². The summed E-state index contributed by atoms with van der Waals surface area (Å²) in [5.41, 5.74) is 0. The van der Waals surface area contributed by atoms with Gasteiger partial charge in [-0.3, -0.25) is 30.2 Å². The Labute approximate surface area is 327 Å². The highest BCUT2D eigenvalue weighted by atomic mass is 32.2. The van der Waals surface area contributed by atoms with Gasteiger partial charge in [0, 0.05) is 26.2 Å². The van der Waals surface area contributed by atoms with E-state index in [1.807, 2.05) is 0 Å². The van der Waals surface area contributed by atoms with E-state index in [0.29, 0.717) is 0 Å². The minimum atomic E-state index is -0.325. The second kappa shape index (κ2) is 34.6. The van der Waals surface area contributed by atoms with Gasteiger partial charge in [0.05, 0.1) is 0 Å². The molecule has 0 bridgehead atoms. The van der Waals surface area contributed by atoms with Gasteiger partial charge in [-0.2, -0.15) is 0 Å². The Morgan fingerprint density at radius 2 is 0.569 bits per heavy atom. The zero-order chi connectivity index (χ0) is 38.1. The largest absolute Gasteiger partial charge is 0.278 e. The van der Waals surface area contributed by atoms with Crippen LogP contribution in [0, 0.1) is 0 Å². The van der Waals surface area contributed by atoms with E-state index in [1.54, 1.807) is 0 Å². The maximum atomic E-state index is 4.25. The first-order valence-corrected chi connectivity index (χ1v) is 23.6. The van der Waals surface area contributed by atoms with E-state index < -0.39 is 0 Å². The van der Waals surface area contributed by atoms with E-state index in [9.17, 15) is 0 Å². The molecule has 0 fully saturated rings. The molecule has 0 spiro atoms.